The fraction of sp³-hybridized carbons (Fsp3) is 0.625. The van der Waals surface area contributed by atoms with Crippen molar-refractivity contribution in [2.45, 2.75) is 37.5 Å². The van der Waals surface area contributed by atoms with Crippen molar-refractivity contribution in [3.8, 4) is 0 Å². The molecule has 0 unspecified atom stereocenters. The average molecular weight is 308 g/mol. The van der Waals surface area contributed by atoms with E-state index in [-0.39, 0.29) is 0 Å². The van der Waals surface area contributed by atoms with Gasteiger partial charge in [0, 0.05) is 13.1 Å². The summed E-state index contributed by atoms with van der Waals surface area (Å²) >= 11 is 0. The molecule has 0 aliphatic heterocycles. The van der Waals surface area contributed by atoms with Gasteiger partial charge in [-0.2, -0.15) is 0 Å². The normalized spacial score (nSPS) is 19.0. The first-order chi connectivity index (χ1) is 10.1. The lowest BCUT2D eigenvalue weighted by atomic mass is 9.98. The second-order valence-electron chi connectivity index (χ2n) is 6.22. The van der Waals surface area contributed by atoms with E-state index in [0.29, 0.717) is 11.4 Å². The molecule has 21 heavy (non-hydrogen) atoms. The molecule has 0 atom stereocenters. The maximum absolute atomic E-state index is 12.2. The molecular formula is C16H24N2O2S. The Labute approximate surface area is 127 Å². The van der Waals surface area contributed by atoms with Gasteiger partial charge < -0.3 is 5.32 Å². The molecule has 2 aliphatic rings. The molecule has 2 N–H and O–H groups in total. The molecule has 0 bridgehead atoms. The maximum atomic E-state index is 12.2. The third-order valence-corrected chi connectivity index (χ3v) is 6.10. The summed E-state index contributed by atoms with van der Waals surface area (Å²) in [6.07, 6.45) is 5.39. The average Bonchev–Trinajstić information content (AvgIpc) is 3.33. The van der Waals surface area contributed by atoms with Crippen LogP contribution >= 0.6 is 0 Å². The monoisotopic (exact) mass is 308 g/mol. The standard InChI is InChI=1S/C16H24N2O2S/c1-2-18-21(19,20)16-6-4-3-5-15(16)17-11-14(12-7-8-12)13-9-10-13/h3-6,12-14,17-18H,2,7-11H2,1H3. The summed E-state index contributed by atoms with van der Waals surface area (Å²) in [5.41, 5.74) is 0.727. The molecule has 116 valence electrons. The Morgan fingerprint density at radius 2 is 1.76 bits per heavy atom. The van der Waals surface area contributed by atoms with Gasteiger partial charge in [0.25, 0.3) is 0 Å². The van der Waals surface area contributed by atoms with Crippen LogP contribution < -0.4 is 10.0 Å². The van der Waals surface area contributed by atoms with E-state index >= 15 is 0 Å². The summed E-state index contributed by atoms with van der Waals surface area (Å²) < 4.78 is 27.0. The molecule has 0 aromatic heterocycles. The van der Waals surface area contributed by atoms with Crippen LogP contribution in [0.3, 0.4) is 0 Å². The molecule has 2 fully saturated rings. The Hall–Kier alpha value is -1.07. The summed E-state index contributed by atoms with van der Waals surface area (Å²) in [7, 11) is -3.41. The van der Waals surface area contributed by atoms with Crippen molar-refractivity contribution in [1.82, 2.24) is 4.72 Å². The Balaban J connectivity index is 1.73. The SMILES string of the molecule is CCNS(=O)(=O)c1ccccc1NCC(C1CC1)C1CC1. The highest BCUT2D eigenvalue weighted by atomic mass is 32.2. The molecule has 0 spiro atoms. The van der Waals surface area contributed by atoms with E-state index in [1.54, 1.807) is 19.1 Å². The molecule has 1 aromatic carbocycles. The fourth-order valence-electron chi connectivity index (χ4n) is 3.11. The largest absolute Gasteiger partial charge is 0.384 e. The van der Waals surface area contributed by atoms with Crippen LogP contribution in [-0.4, -0.2) is 21.5 Å². The van der Waals surface area contributed by atoms with E-state index in [0.717, 1.165) is 30.0 Å². The van der Waals surface area contributed by atoms with Gasteiger partial charge in [-0.05, 0) is 55.6 Å². The second-order valence-corrected chi connectivity index (χ2v) is 7.95. The van der Waals surface area contributed by atoms with Gasteiger partial charge in [-0.25, -0.2) is 13.1 Å². The predicted molar refractivity (Wildman–Crippen MR) is 84.7 cm³/mol. The van der Waals surface area contributed by atoms with Crippen molar-refractivity contribution in [2.24, 2.45) is 17.8 Å². The molecular weight excluding hydrogens is 284 g/mol. The molecule has 0 saturated heterocycles. The molecule has 4 nitrogen and oxygen atoms in total. The van der Waals surface area contributed by atoms with Crippen molar-refractivity contribution in [3.63, 3.8) is 0 Å². The van der Waals surface area contributed by atoms with E-state index in [1.807, 2.05) is 12.1 Å². The first-order valence-electron chi connectivity index (χ1n) is 7.94. The molecule has 0 amide bonds. The minimum Gasteiger partial charge on any atom is -0.384 e. The van der Waals surface area contributed by atoms with Gasteiger partial charge in [0.05, 0.1) is 5.69 Å². The van der Waals surface area contributed by atoms with E-state index in [9.17, 15) is 8.42 Å². The van der Waals surface area contributed by atoms with E-state index in [2.05, 4.69) is 10.0 Å². The van der Waals surface area contributed by atoms with Gasteiger partial charge in [0.2, 0.25) is 10.0 Å². The zero-order chi connectivity index (χ0) is 14.9. The minimum absolute atomic E-state index is 0.359. The van der Waals surface area contributed by atoms with E-state index in [4.69, 9.17) is 0 Å². The molecule has 5 heteroatoms. The molecule has 1 aromatic rings. The number of sulfonamides is 1. The summed E-state index contributed by atoms with van der Waals surface area (Å²) in [4.78, 5) is 0.359. The zero-order valence-electron chi connectivity index (χ0n) is 12.5. The zero-order valence-corrected chi connectivity index (χ0v) is 13.3. The second kappa shape index (κ2) is 5.97. The molecule has 2 aliphatic carbocycles. The number of rotatable bonds is 8. The van der Waals surface area contributed by atoms with Crippen LogP contribution in [0, 0.1) is 17.8 Å². The van der Waals surface area contributed by atoms with Crippen LogP contribution in [0.1, 0.15) is 32.6 Å². The van der Waals surface area contributed by atoms with Crippen LogP contribution in [0.25, 0.3) is 0 Å². The lowest BCUT2D eigenvalue weighted by molar-refractivity contribution is 0.428. The highest BCUT2D eigenvalue weighted by Gasteiger charge is 2.41. The quantitative estimate of drug-likeness (QED) is 0.776. The first-order valence-corrected chi connectivity index (χ1v) is 9.42. The van der Waals surface area contributed by atoms with Gasteiger partial charge in [-0.1, -0.05) is 19.1 Å². The third kappa shape index (κ3) is 3.58. The highest BCUT2D eigenvalue weighted by Crippen LogP contribution is 2.49. The summed E-state index contributed by atoms with van der Waals surface area (Å²) in [5.74, 6) is 2.45. The minimum atomic E-state index is -3.41. The lowest BCUT2D eigenvalue weighted by Crippen LogP contribution is -2.25. The van der Waals surface area contributed by atoms with Gasteiger partial charge >= 0.3 is 0 Å². The van der Waals surface area contributed by atoms with Gasteiger partial charge in [-0.3, -0.25) is 0 Å². The Morgan fingerprint density at radius 3 is 2.33 bits per heavy atom. The molecule has 0 heterocycles. The van der Waals surface area contributed by atoms with Crippen molar-refractivity contribution in [2.75, 3.05) is 18.4 Å². The number of hydrogen-bond acceptors (Lipinski definition) is 3. The Kier molecular flexibility index (Phi) is 4.22. The molecule has 2 saturated carbocycles. The van der Waals surface area contributed by atoms with Crippen LogP contribution in [0.5, 0.6) is 0 Å². The number of nitrogens with one attached hydrogen (secondary N) is 2. The fourth-order valence-corrected chi connectivity index (χ4v) is 4.33. The van der Waals surface area contributed by atoms with Crippen LogP contribution in [0.4, 0.5) is 5.69 Å². The maximum Gasteiger partial charge on any atom is 0.242 e. The summed E-state index contributed by atoms with van der Waals surface area (Å²) in [5, 5.41) is 3.40. The number of benzene rings is 1. The van der Waals surface area contributed by atoms with Crippen molar-refractivity contribution in [3.05, 3.63) is 24.3 Å². The summed E-state index contributed by atoms with van der Waals surface area (Å²) in [6, 6.07) is 7.19. The van der Waals surface area contributed by atoms with Crippen molar-refractivity contribution >= 4 is 15.7 Å². The van der Waals surface area contributed by atoms with Crippen molar-refractivity contribution in [1.29, 1.82) is 0 Å². The third-order valence-electron chi connectivity index (χ3n) is 4.49. The lowest BCUT2D eigenvalue weighted by Gasteiger charge is -2.19. The van der Waals surface area contributed by atoms with Crippen LogP contribution in [-0.2, 0) is 10.0 Å². The smallest absolute Gasteiger partial charge is 0.242 e. The molecule has 3 rings (SSSR count). The summed E-state index contributed by atoms with van der Waals surface area (Å²) in [6.45, 7) is 3.10. The predicted octanol–water partition coefficient (Wildman–Crippen LogP) is 2.83. The van der Waals surface area contributed by atoms with Crippen LogP contribution in [0.2, 0.25) is 0 Å². The Morgan fingerprint density at radius 1 is 1.14 bits per heavy atom. The van der Waals surface area contributed by atoms with E-state index in [1.165, 1.54) is 25.7 Å². The number of anilines is 1. The highest BCUT2D eigenvalue weighted by molar-refractivity contribution is 7.89. The van der Waals surface area contributed by atoms with E-state index < -0.39 is 10.0 Å². The number of hydrogen-bond donors (Lipinski definition) is 2. The molecule has 0 radical (unpaired) electrons. The van der Waals surface area contributed by atoms with Crippen molar-refractivity contribution < 1.29 is 8.42 Å². The van der Waals surface area contributed by atoms with Gasteiger partial charge in [0.1, 0.15) is 4.90 Å². The van der Waals surface area contributed by atoms with Gasteiger partial charge in [0.15, 0.2) is 0 Å². The van der Waals surface area contributed by atoms with Crippen LogP contribution in [0.15, 0.2) is 29.2 Å². The number of para-hydroxylation sites is 1. The van der Waals surface area contributed by atoms with Gasteiger partial charge in [-0.15, -0.1) is 0 Å². The Bertz CT molecular complexity index is 580. The topological polar surface area (TPSA) is 58.2 Å². The first kappa shape index (κ1) is 14.9.